The van der Waals surface area contributed by atoms with Crippen LogP contribution in [-0.4, -0.2) is 5.84 Å². The summed E-state index contributed by atoms with van der Waals surface area (Å²) in [7, 11) is 0. The maximum absolute atomic E-state index is 8.21. The van der Waals surface area contributed by atoms with E-state index in [2.05, 4.69) is 6.92 Å². The molecule has 0 amide bonds. The zero-order chi connectivity index (χ0) is 4.99. The molecular weight excluding hydrogens is 76.1 g/mol. The molecular formula is C4H8N2. The molecule has 6 heavy (non-hydrogen) atoms. The highest BCUT2D eigenvalue weighted by atomic mass is 14.7. The first kappa shape index (κ1) is 5.34. The average molecular weight is 84.1 g/mol. The van der Waals surface area contributed by atoms with Crippen LogP contribution in [-0.2, 0) is 0 Å². The van der Waals surface area contributed by atoms with Crippen molar-refractivity contribution in [3.05, 3.63) is 12.3 Å². The van der Waals surface area contributed by atoms with Crippen molar-refractivity contribution in [1.82, 2.24) is 0 Å². The molecule has 2 N–H and O–H groups in total. The van der Waals surface area contributed by atoms with Crippen LogP contribution in [0, 0.1) is 6.92 Å². The molecule has 0 aliphatic rings. The third-order valence-electron chi connectivity index (χ3n) is 0.433. The second kappa shape index (κ2) is 2.57. The van der Waals surface area contributed by atoms with Crippen molar-refractivity contribution in [3.8, 4) is 0 Å². The fourth-order valence-electron chi connectivity index (χ4n) is 0.181. The summed E-state index contributed by atoms with van der Waals surface area (Å²) in [5, 5.41) is 8.21. The van der Waals surface area contributed by atoms with E-state index in [1.54, 1.807) is 0 Å². The van der Waals surface area contributed by atoms with Crippen LogP contribution < -0.4 is 5.73 Å². The zero-order valence-corrected chi connectivity index (χ0v) is 3.65. The third-order valence-corrected chi connectivity index (χ3v) is 0.433. The third kappa shape index (κ3) is 3.34. The second-order valence-corrected chi connectivity index (χ2v) is 1.09. The van der Waals surface area contributed by atoms with E-state index in [1.807, 2.05) is 0 Å². The van der Waals surface area contributed by atoms with Crippen LogP contribution in [0.15, 0.2) is 0 Å². The Balaban J connectivity index is 2.83. The molecule has 0 atom stereocenters. The molecule has 2 heteroatoms. The van der Waals surface area contributed by atoms with Gasteiger partial charge in [-0.05, 0) is 0 Å². The zero-order valence-electron chi connectivity index (χ0n) is 3.65. The quantitative estimate of drug-likeness (QED) is 0.296. The molecule has 0 bridgehead atoms. The predicted octanol–water partition coefficient (Wildman–Crippen LogP) is 0.527. The molecule has 0 spiro atoms. The Bertz CT molecular complexity index is 49.5. The molecule has 0 aromatic heterocycles. The van der Waals surface area contributed by atoms with E-state index in [0.717, 1.165) is 0 Å². The summed E-state index contributed by atoms with van der Waals surface area (Å²) in [4.78, 5) is 0. The minimum atomic E-state index is -0.0231. The lowest BCUT2D eigenvalue weighted by Crippen LogP contribution is -2.06. The van der Waals surface area contributed by atoms with E-state index in [1.165, 1.54) is 0 Å². The van der Waals surface area contributed by atoms with Crippen LogP contribution in [0.25, 0.3) is 5.41 Å². The molecule has 0 fully saturated rings. The van der Waals surface area contributed by atoms with Crippen LogP contribution in [0.1, 0.15) is 12.8 Å². The van der Waals surface area contributed by atoms with Crippen LogP contribution in [0.3, 0.4) is 0 Å². The predicted molar refractivity (Wildman–Crippen MR) is 27.1 cm³/mol. The van der Waals surface area contributed by atoms with E-state index >= 15 is 0 Å². The molecule has 0 aliphatic carbocycles. The summed E-state index contributed by atoms with van der Waals surface area (Å²) in [6.07, 6.45) is 1.18. The van der Waals surface area contributed by atoms with Gasteiger partial charge in [0, 0.05) is 6.42 Å². The minimum absolute atomic E-state index is 0.0231. The van der Waals surface area contributed by atoms with Gasteiger partial charge in [0.05, 0.1) is 13.3 Å². The van der Waals surface area contributed by atoms with Crippen molar-refractivity contribution in [2.75, 3.05) is 0 Å². The lowest BCUT2D eigenvalue weighted by molar-refractivity contribution is 1.09. The van der Waals surface area contributed by atoms with Crippen molar-refractivity contribution >= 4 is 5.84 Å². The fourth-order valence-corrected chi connectivity index (χ4v) is 0.181. The van der Waals surface area contributed by atoms with E-state index < -0.39 is 0 Å². The largest absolute Gasteiger partial charge is 0.498 e. The molecule has 0 aliphatic heterocycles. The Kier molecular flexibility index (Phi) is 2.29. The number of hydrogen-bond donors (Lipinski definition) is 1. The number of nitrogens with two attached hydrogens (primary N) is 1. The summed E-state index contributed by atoms with van der Waals surface area (Å²) in [6.45, 7) is 3.46. The molecule has 0 saturated heterocycles. The summed E-state index contributed by atoms with van der Waals surface area (Å²) in [5.41, 5.74) is 4.84. The first-order valence-electron chi connectivity index (χ1n) is 1.87. The van der Waals surface area contributed by atoms with Gasteiger partial charge in [-0.3, -0.25) is 0 Å². The number of hydrogen-bond acceptors (Lipinski definition) is 0. The van der Waals surface area contributed by atoms with Gasteiger partial charge in [-0.1, -0.05) is 5.84 Å². The first-order chi connectivity index (χ1) is 2.77. The highest BCUT2D eigenvalue weighted by molar-refractivity contribution is 5.83. The van der Waals surface area contributed by atoms with Crippen LogP contribution in [0.2, 0.25) is 0 Å². The Morgan fingerprint density at radius 1 is 1.83 bits per heavy atom. The molecule has 0 rings (SSSR count). The average Bonchev–Trinajstić information content (AvgIpc) is 1.35. The maximum Gasteiger partial charge on any atom is 0.0883 e. The fraction of sp³-hybridized carbons (Fsp3) is 0.500. The van der Waals surface area contributed by atoms with Gasteiger partial charge in [-0.25, -0.2) is 0 Å². The van der Waals surface area contributed by atoms with E-state index in [4.69, 9.17) is 11.1 Å². The summed E-state index contributed by atoms with van der Waals surface area (Å²) in [5.74, 6) is -0.0231. The smallest absolute Gasteiger partial charge is 0.0883 e. The number of rotatable bonds is 2. The Morgan fingerprint density at radius 2 is 2.33 bits per heavy atom. The van der Waals surface area contributed by atoms with E-state index in [-0.39, 0.29) is 5.84 Å². The number of nitrogens with zero attached hydrogens (tertiary/aromatic N) is 1. The molecule has 0 aromatic carbocycles. The van der Waals surface area contributed by atoms with Gasteiger partial charge in [0.1, 0.15) is 0 Å². The Labute approximate surface area is 37.9 Å². The Hall–Kier alpha value is -0.660. The van der Waals surface area contributed by atoms with Gasteiger partial charge in [0.25, 0.3) is 0 Å². The topological polar surface area (TPSA) is 48.3 Å². The van der Waals surface area contributed by atoms with Gasteiger partial charge in [-0.15, -0.1) is 0 Å². The summed E-state index contributed by atoms with van der Waals surface area (Å²) in [6, 6.07) is 0. The van der Waals surface area contributed by atoms with Crippen molar-refractivity contribution in [3.63, 3.8) is 0 Å². The van der Waals surface area contributed by atoms with E-state index in [9.17, 15) is 0 Å². The van der Waals surface area contributed by atoms with Gasteiger partial charge in [0.2, 0.25) is 0 Å². The lowest BCUT2D eigenvalue weighted by Gasteiger charge is -1.92. The number of amidine groups is 1. The standard InChI is InChI=1S/C4H8N2/c1-2-3-4(5)6/h1-3H2,(H2-,5,6). The summed E-state index contributed by atoms with van der Waals surface area (Å²) >= 11 is 0. The second-order valence-electron chi connectivity index (χ2n) is 1.09. The maximum atomic E-state index is 8.21. The van der Waals surface area contributed by atoms with Crippen molar-refractivity contribution in [1.29, 1.82) is 0 Å². The summed E-state index contributed by atoms with van der Waals surface area (Å²) < 4.78 is 0. The van der Waals surface area contributed by atoms with E-state index in [0.29, 0.717) is 12.8 Å². The van der Waals surface area contributed by atoms with Crippen molar-refractivity contribution < 1.29 is 0 Å². The molecule has 0 saturated carbocycles. The molecule has 0 heterocycles. The Morgan fingerprint density at radius 3 is 2.33 bits per heavy atom. The van der Waals surface area contributed by atoms with Gasteiger partial charge < -0.3 is 11.1 Å². The highest BCUT2D eigenvalue weighted by Gasteiger charge is 1.77. The van der Waals surface area contributed by atoms with Crippen LogP contribution in [0.5, 0.6) is 0 Å². The monoisotopic (exact) mass is 84.1 g/mol. The molecule has 0 unspecified atom stereocenters. The molecule has 2 nitrogen and oxygen atoms in total. The van der Waals surface area contributed by atoms with Crippen molar-refractivity contribution in [2.24, 2.45) is 5.73 Å². The van der Waals surface area contributed by atoms with Crippen LogP contribution in [0.4, 0.5) is 0 Å². The highest BCUT2D eigenvalue weighted by Crippen LogP contribution is 1.80. The van der Waals surface area contributed by atoms with Gasteiger partial charge in [-0.2, -0.15) is 0 Å². The lowest BCUT2D eigenvalue weighted by atomic mass is 10.3. The molecule has 0 radical (unpaired) electrons. The van der Waals surface area contributed by atoms with Gasteiger partial charge in [0.15, 0.2) is 0 Å². The minimum Gasteiger partial charge on any atom is -0.498 e. The van der Waals surface area contributed by atoms with Crippen LogP contribution >= 0.6 is 0 Å². The first-order valence-corrected chi connectivity index (χ1v) is 1.87. The van der Waals surface area contributed by atoms with Gasteiger partial charge >= 0.3 is 0 Å². The SMILES string of the molecule is [CH2+]CCC(=[N-])N. The molecule has 0 aromatic rings. The normalized spacial score (nSPS) is 8.00. The molecule has 34 valence electrons. The van der Waals surface area contributed by atoms with Crippen molar-refractivity contribution in [2.45, 2.75) is 12.8 Å².